The zero-order valence-electron chi connectivity index (χ0n) is 10.3. The summed E-state index contributed by atoms with van der Waals surface area (Å²) in [7, 11) is 0. The molecule has 1 aromatic carbocycles. The van der Waals surface area contributed by atoms with Crippen LogP contribution in [-0.4, -0.2) is 15.7 Å². The Bertz CT molecular complexity index is 590. The number of benzene rings is 1. The Morgan fingerprint density at radius 3 is 2.89 bits per heavy atom. The van der Waals surface area contributed by atoms with E-state index in [0.717, 1.165) is 35.9 Å². The molecule has 18 heavy (non-hydrogen) atoms. The summed E-state index contributed by atoms with van der Waals surface area (Å²) < 4.78 is 0. The lowest BCUT2D eigenvalue weighted by Crippen LogP contribution is -2.30. The Balaban J connectivity index is 1.90. The molecule has 0 saturated carbocycles. The maximum atomic E-state index is 10.5. The third-order valence-electron chi connectivity index (χ3n) is 3.55. The molecule has 0 fully saturated rings. The SMILES string of the molecule is OC1(Cc2ccc3ccccc3n2)C=CCCC1. The molecule has 92 valence electrons. The molecule has 0 saturated heterocycles. The van der Waals surface area contributed by atoms with Gasteiger partial charge in [0.05, 0.1) is 11.1 Å². The van der Waals surface area contributed by atoms with E-state index in [1.165, 1.54) is 0 Å². The van der Waals surface area contributed by atoms with E-state index in [1.54, 1.807) is 0 Å². The van der Waals surface area contributed by atoms with Crippen LogP contribution >= 0.6 is 0 Å². The van der Waals surface area contributed by atoms with Crippen molar-refractivity contribution in [3.8, 4) is 0 Å². The second-order valence-corrected chi connectivity index (χ2v) is 5.07. The minimum Gasteiger partial charge on any atom is -0.385 e. The molecule has 2 nitrogen and oxygen atoms in total. The lowest BCUT2D eigenvalue weighted by molar-refractivity contribution is 0.0742. The summed E-state index contributed by atoms with van der Waals surface area (Å²) in [6.07, 6.45) is 7.58. The molecule has 0 radical (unpaired) electrons. The van der Waals surface area contributed by atoms with Gasteiger partial charge < -0.3 is 5.11 Å². The highest BCUT2D eigenvalue weighted by Gasteiger charge is 2.26. The standard InChI is InChI=1S/C16H17NO/c18-16(10-4-1-5-11-16)12-14-9-8-13-6-2-3-7-15(13)17-14/h2-4,6-10,18H,1,5,11-12H2. The van der Waals surface area contributed by atoms with Crippen molar-refractivity contribution < 1.29 is 5.11 Å². The highest BCUT2D eigenvalue weighted by Crippen LogP contribution is 2.26. The number of hydrogen-bond donors (Lipinski definition) is 1. The van der Waals surface area contributed by atoms with Crippen LogP contribution in [0.4, 0.5) is 0 Å². The van der Waals surface area contributed by atoms with Gasteiger partial charge >= 0.3 is 0 Å². The Hall–Kier alpha value is -1.67. The van der Waals surface area contributed by atoms with Crippen LogP contribution < -0.4 is 0 Å². The molecule has 1 aromatic heterocycles. The Labute approximate surface area is 107 Å². The van der Waals surface area contributed by atoms with Crippen molar-refractivity contribution in [1.29, 1.82) is 0 Å². The number of allylic oxidation sites excluding steroid dienone is 1. The molecule has 1 N–H and O–H groups in total. The predicted octanol–water partition coefficient (Wildman–Crippen LogP) is 3.25. The van der Waals surface area contributed by atoms with Gasteiger partial charge in [0.2, 0.25) is 0 Å². The van der Waals surface area contributed by atoms with Crippen molar-refractivity contribution in [3.63, 3.8) is 0 Å². The molecule has 1 unspecified atom stereocenters. The molecule has 1 aliphatic rings. The van der Waals surface area contributed by atoms with E-state index in [0.29, 0.717) is 6.42 Å². The highest BCUT2D eigenvalue weighted by atomic mass is 16.3. The maximum absolute atomic E-state index is 10.5. The molecular weight excluding hydrogens is 222 g/mol. The van der Waals surface area contributed by atoms with Crippen LogP contribution in [0.3, 0.4) is 0 Å². The topological polar surface area (TPSA) is 33.1 Å². The zero-order chi connectivity index (χ0) is 12.4. The van der Waals surface area contributed by atoms with Crippen molar-refractivity contribution in [1.82, 2.24) is 4.98 Å². The fourth-order valence-corrected chi connectivity index (χ4v) is 2.58. The van der Waals surface area contributed by atoms with E-state index in [1.807, 2.05) is 30.3 Å². The Morgan fingerprint density at radius 2 is 2.06 bits per heavy atom. The van der Waals surface area contributed by atoms with E-state index in [2.05, 4.69) is 23.2 Å². The molecule has 2 aromatic rings. The number of pyridine rings is 1. The number of nitrogens with zero attached hydrogens (tertiary/aromatic N) is 1. The molecule has 0 spiro atoms. The number of para-hydroxylation sites is 1. The van der Waals surface area contributed by atoms with Gasteiger partial charge in [-0.15, -0.1) is 0 Å². The minimum absolute atomic E-state index is 0.605. The first-order valence-corrected chi connectivity index (χ1v) is 6.50. The normalized spacial score (nSPS) is 23.4. The van der Waals surface area contributed by atoms with Gasteiger partial charge in [0.15, 0.2) is 0 Å². The second kappa shape index (κ2) is 4.54. The van der Waals surface area contributed by atoms with Crippen molar-refractivity contribution in [3.05, 3.63) is 54.2 Å². The van der Waals surface area contributed by atoms with Crippen LogP contribution in [0, 0.1) is 0 Å². The lowest BCUT2D eigenvalue weighted by atomic mass is 9.87. The number of rotatable bonds is 2. The maximum Gasteiger partial charge on any atom is 0.0883 e. The summed E-state index contributed by atoms with van der Waals surface area (Å²) in [4.78, 5) is 4.62. The summed E-state index contributed by atoms with van der Waals surface area (Å²) in [6.45, 7) is 0. The molecule has 0 bridgehead atoms. The van der Waals surface area contributed by atoms with Gasteiger partial charge in [-0.25, -0.2) is 0 Å². The molecule has 1 heterocycles. The highest BCUT2D eigenvalue weighted by molar-refractivity contribution is 5.78. The van der Waals surface area contributed by atoms with E-state index < -0.39 is 5.60 Å². The third-order valence-corrected chi connectivity index (χ3v) is 3.55. The second-order valence-electron chi connectivity index (χ2n) is 5.07. The van der Waals surface area contributed by atoms with Crippen molar-refractivity contribution in [2.24, 2.45) is 0 Å². The van der Waals surface area contributed by atoms with Gasteiger partial charge in [0.25, 0.3) is 0 Å². The summed E-state index contributed by atoms with van der Waals surface area (Å²) >= 11 is 0. The summed E-state index contributed by atoms with van der Waals surface area (Å²) in [6, 6.07) is 12.2. The lowest BCUT2D eigenvalue weighted by Gasteiger charge is -2.27. The average Bonchev–Trinajstić information content (AvgIpc) is 2.39. The quantitative estimate of drug-likeness (QED) is 0.816. The Kier molecular flexibility index (Phi) is 2.88. The summed E-state index contributed by atoms with van der Waals surface area (Å²) in [5.74, 6) is 0. The molecule has 3 rings (SSSR count). The zero-order valence-corrected chi connectivity index (χ0v) is 10.3. The van der Waals surface area contributed by atoms with Crippen molar-refractivity contribution >= 4 is 10.9 Å². The number of aromatic nitrogens is 1. The smallest absolute Gasteiger partial charge is 0.0883 e. The Morgan fingerprint density at radius 1 is 1.17 bits per heavy atom. The average molecular weight is 239 g/mol. The number of fused-ring (bicyclic) bond motifs is 1. The van der Waals surface area contributed by atoms with Gasteiger partial charge in [0, 0.05) is 17.5 Å². The molecule has 1 aliphatic carbocycles. The van der Waals surface area contributed by atoms with Crippen LogP contribution in [0.5, 0.6) is 0 Å². The fraction of sp³-hybridized carbons (Fsp3) is 0.312. The minimum atomic E-state index is -0.701. The van der Waals surface area contributed by atoms with Crippen LogP contribution in [-0.2, 0) is 6.42 Å². The largest absolute Gasteiger partial charge is 0.385 e. The predicted molar refractivity (Wildman–Crippen MR) is 73.4 cm³/mol. The van der Waals surface area contributed by atoms with E-state index >= 15 is 0 Å². The first kappa shape index (κ1) is 11.4. The molecule has 1 atom stereocenters. The van der Waals surface area contributed by atoms with Gasteiger partial charge in [0.1, 0.15) is 0 Å². The third kappa shape index (κ3) is 2.29. The van der Waals surface area contributed by atoms with Crippen molar-refractivity contribution in [2.45, 2.75) is 31.3 Å². The first-order chi connectivity index (χ1) is 8.75. The van der Waals surface area contributed by atoms with E-state index in [9.17, 15) is 5.11 Å². The van der Waals surface area contributed by atoms with Crippen molar-refractivity contribution in [2.75, 3.05) is 0 Å². The van der Waals surface area contributed by atoms with E-state index in [4.69, 9.17) is 0 Å². The van der Waals surface area contributed by atoms with Gasteiger partial charge in [-0.2, -0.15) is 0 Å². The summed E-state index contributed by atoms with van der Waals surface area (Å²) in [5, 5.41) is 11.6. The number of hydrogen-bond acceptors (Lipinski definition) is 2. The monoisotopic (exact) mass is 239 g/mol. The van der Waals surface area contributed by atoms with Crippen LogP contribution in [0.2, 0.25) is 0 Å². The van der Waals surface area contributed by atoms with Gasteiger partial charge in [-0.1, -0.05) is 36.4 Å². The summed E-state index contributed by atoms with van der Waals surface area (Å²) in [5.41, 5.74) is 1.26. The molecular formula is C16H17NO. The van der Waals surface area contributed by atoms with Crippen LogP contribution in [0.15, 0.2) is 48.6 Å². The molecule has 0 aliphatic heterocycles. The van der Waals surface area contributed by atoms with Crippen LogP contribution in [0.1, 0.15) is 25.0 Å². The first-order valence-electron chi connectivity index (χ1n) is 6.50. The van der Waals surface area contributed by atoms with E-state index in [-0.39, 0.29) is 0 Å². The fourth-order valence-electron chi connectivity index (χ4n) is 2.58. The molecule has 2 heteroatoms. The number of aliphatic hydroxyl groups is 1. The molecule has 0 amide bonds. The van der Waals surface area contributed by atoms with Gasteiger partial charge in [-0.05, 0) is 31.4 Å². The van der Waals surface area contributed by atoms with Gasteiger partial charge in [-0.3, -0.25) is 4.98 Å². The van der Waals surface area contributed by atoms with Crippen LogP contribution in [0.25, 0.3) is 10.9 Å².